The molecule has 0 saturated heterocycles. The lowest BCUT2D eigenvalue weighted by Crippen LogP contribution is -2.16. The van der Waals surface area contributed by atoms with E-state index in [0.29, 0.717) is 12.2 Å². The molecule has 0 heterocycles. The van der Waals surface area contributed by atoms with Gasteiger partial charge in [0.15, 0.2) is 11.5 Å². The number of phenols is 1. The number of phenolic OH excluding ortho intramolecular Hbond substituents is 1. The van der Waals surface area contributed by atoms with Crippen molar-refractivity contribution < 1.29 is 14.6 Å². The van der Waals surface area contributed by atoms with E-state index >= 15 is 0 Å². The number of carbonyl (C=O) groups excluding carboxylic acids is 1. The van der Waals surface area contributed by atoms with Crippen molar-refractivity contribution in [2.75, 3.05) is 7.11 Å². The van der Waals surface area contributed by atoms with Crippen LogP contribution >= 0.6 is 0 Å². The first-order valence-electron chi connectivity index (χ1n) is 9.36. The number of rotatable bonds is 13. The van der Waals surface area contributed by atoms with Crippen molar-refractivity contribution in [3.05, 3.63) is 23.8 Å². The minimum atomic E-state index is -0.0649. The van der Waals surface area contributed by atoms with E-state index in [9.17, 15) is 9.90 Å². The molecule has 0 radical (unpaired) electrons. The molecule has 2 N–H and O–H groups in total. The quantitative estimate of drug-likeness (QED) is 0.306. The van der Waals surface area contributed by atoms with Crippen LogP contribution in [0.1, 0.15) is 76.7 Å². The van der Waals surface area contributed by atoms with E-state index in [1.165, 1.54) is 64.3 Å². The van der Waals surface area contributed by atoms with Gasteiger partial charge in [-0.1, -0.05) is 58.3 Å². The van der Waals surface area contributed by atoms with E-state index in [1.807, 2.05) is 0 Å². The van der Waals surface area contributed by atoms with Crippen molar-refractivity contribution in [1.29, 1.82) is 0 Å². The Kier molecular flexibility index (Phi) is 11.2. The Morgan fingerprint density at radius 3 is 2.40 bits per heavy atom. The van der Waals surface area contributed by atoms with Crippen LogP contribution in [0.25, 0.3) is 0 Å². The van der Waals surface area contributed by atoms with E-state index in [1.54, 1.807) is 12.1 Å². The smallest absolute Gasteiger partial charge is 0.240 e. The monoisotopic (exact) mass is 348 g/mol. The van der Waals surface area contributed by atoms with Gasteiger partial charge < -0.3 is 9.84 Å². The lowest BCUT2D eigenvalue weighted by Gasteiger charge is -2.04. The summed E-state index contributed by atoms with van der Waals surface area (Å²) in [5, 5.41) is 13.5. The zero-order valence-corrected chi connectivity index (χ0v) is 15.6. The average Bonchev–Trinajstić information content (AvgIpc) is 2.61. The number of methoxy groups -OCH3 is 1. The molecule has 0 spiro atoms. The molecule has 0 saturated carbocycles. The molecular weight excluding hydrogens is 316 g/mol. The molecule has 1 aromatic carbocycles. The maximum absolute atomic E-state index is 11.7. The molecule has 5 nitrogen and oxygen atoms in total. The third kappa shape index (κ3) is 9.75. The number of hydrazone groups is 1. The molecule has 1 amide bonds. The number of hydrogen-bond acceptors (Lipinski definition) is 4. The van der Waals surface area contributed by atoms with Crippen molar-refractivity contribution in [2.45, 2.75) is 71.1 Å². The summed E-state index contributed by atoms with van der Waals surface area (Å²) < 4.78 is 5.03. The lowest BCUT2D eigenvalue weighted by molar-refractivity contribution is -0.121. The maximum atomic E-state index is 11.7. The van der Waals surface area contributed by atoms with Crippen LogP contribution in [-0.4, -0.2) is 24.3 Å². The number of unbranched alkanes of at least 4 members (excludes halogenated alkanes) is 8. The minimum absolute atomic E-state index is 0.0649. The molecule has 1 rings (SSSR count). The van der Waals surface area contributed by atoms with Crippen LogP contribution in [0.15, 0.2) is 23.3 Å². The molecule has 140 valence electrons. The molecule has 0 aliphatic heterocycles. The molecule has 0 atom stereocenters. The van der Waals surface area contributed by atoms with Gasteiger partial charge in [0.2, 0.25) is 5.91 Å². The third-order valence-corrected chi connectivity index (χ3v) is 4.11. The summed E-state index contributed by atoms with van der Waals surface area (Å²) in [5.41, 5.74) is 3.28. The topological polar surface area (TPSA) is 70.9 Å². The Bertz CT molecular complexity index is 530. The van der Waals surface area contributed by atoms with E-state index < -0.39 is 0 Å². The second-order valence-electron chi connectivity index (χ2n) is 6.30. The van der Waals surface area contributed by atoms with E-state index in [0.717, 1.165) is 18.4 Å². The standard InChI is InChI=1S/C20H32N2O3/c1-3-4-5-6-7-8-9-10-11-12-20(24)22-21-16-17-13-14-18(23)19(15-17)25-2/h13-16,23H,3-12H2,1-2H3,(H,22,24)/b21-16-. The Labute approximate surface area is 151 Å². The predicted molar refractivity (Wildman–Crippen MR) is 102 cm³/mol. The number of hydrogen-bond donors (Lipinski definition) is 2. The van der Waals surface area contributed by atoms with Gasteiger partial charge in [0, 0.05) is 6.42 Å². The predicted octanol–water partition coefficient (Wildman–Crippen LogP) is 4.77. The summed E-state index contributed by atoms with van der Waals surface area (Å²) in [6.07, 6.45) is 13.2. The van der Waals surface area contributed by atoms with Crippen molar-refractivity contribution >= 4 is 12.1 Å². The molecule has 0 aliphatic carbocycles. The molecular formula is C20H32N2O3. The number of amides is 1. The Balaban J connectivity index is 2.10. The van der Waals surface area contributed by atoms with Gasteiger partial charge in [-0.3, -0.25) is 4.79 Å². The van der Waals surface area contributed by atoms with Gasteiger partial charge in [0.25, 0.3) is 0 Å². The highest BCUT2D eigenvalue weighted by Crippen LogP contribution is 2.25. The Morgan fingerprint density at radius 1 is 1.12 bits per heavy atom. The minimum Gasteiger partial charge on any atom is -0.504 e. The number of nitrogens with one attached hydrogen (secondary N) is 1. The summed E-state index contributed by atoms with van der Waals surface area (Å²) in [7, 11) is 1.49. The highest BCUT2D eigenvalue weighted by atomic mass is 16.5. The molecule has 0 aliphatic rings. The van der Waals surface area contributed by atoms with E-state index in [4.69, 9.17) is 4.74 Å². The number of ether oxygens (including phenoxy) is 1. The Hall–Kier alpha value is -2.04. The second kappa shape index (κ2) is 13.3. The van der Waals surface area contributed by atoms with Gasteiger partial charge in [-0.2, -0.15) is 5.10 Å². The lowest BCUT2D eigenvalue weighted by atomic mass is 10.1. The molecule has 0 bridgehead atoms. The fourth-order valence-electron chi connectivity index (χ4n) is 2.61. The molecule has 1 aromatic rings. The van der Waals surface area contributed by atoms with E-state index in [-0.39, 0.29) is 11.7 Å². The van der Waals surface area contributed by atoms with Crippen LogP contribution in [-0.2, 0) is 4.79 Å². The van der Waals surface area contributed by atoms with Crippen LogP contribution in [0.2, 0.25) is 0 Å². The van der Waals surface area contributed by atoms with Crippen LogP contribution < -0.4 is 10.2 Å². The fourth-order valence-corrected chi connectivity index (χ4v) is 2.61. The van der Waals surface area contributed by atoms with E-state index in [2.05, 4.69) is 17.5 Å². The van der Waals surface area contributed by atoms with Gasteiger partial charge in [0.05, 0.1) is 13.3 Å². The number of carbonyl (C=O) groups is 1. The number of benzene rings is 1. The maximum Gasteiger partial charge on any atom is 0.240 e. The molecule has 25 heavy (non-hydrogen) atoms. The third-order valence-electron chi connectivity index (χ3n) is 4.11. The summed E-state index contributed by atoms with van der Waals surface area (Å²) in [6.45, 7) is 2.23. The summed E-state index contributed by atoms with van der Waals surface area (Å²) >= 11 is 0. The largest absolute Gasteiger partial charge is 0.504 e. The van der Waals surface area contributed by atoms with Crippen molar-refractivity contribution in [1.82, 2.24) is 5.43 Å². The summed E-state index contributed by atoms with van der Waals surface area (Å²) in [6, 6.07) is 4.89. The van der Waals surface area contributed by atoms with Crippen molar-refractivity contribution in [2.24, 2.45) is 5.10 Å². The van der Waals surface area contributed by atoms with Gasteiger partial charge in [-0.05, 0) is 30.2 Å². The fraction of sp³-hybridized carbons (Fsp3) is 0.600. The molecule has 0 aromatic heterocycles. The summed E-state index contributed by atoms with van der Waals surface area (Å²) in [4.78, 5) is 11.7. The second-order valence-corrected chi connectivity index (χ2v) is 6.30. The van der Waals surface area contributed by atoms with Gasteiger partial charge in [-0.25, -0.2) is 5.43 Å². The zero-order chi connectivity index (χ0) is 18.3. The Morgan fingerprint density at radius 2 is 1.76 bits per heavy atom. The summed E-state index contributed by atoms with van der Waals surface area (Å²) in [5.74, 6) is 0.393. The SMILES string of the molecule is CCCCCCCCCCCC(=O)N/N=C\c1ccc(O)c(OC)c1. The first kappa shape index (κ1) is 21.0. The van der Waals surface area contributed by atoms with Crippen molar-refractivity contribution in [3.8, 4) is 11.5 Å². The first-order valence-corrected chi connectivity index (χ1v) is 9.36. The van der Waals surface area contributed by atoms with Crippen LogP contribution in [0.5, 0.6) is 11.5 Å². The van der Waals surface area contributed by atoms with Gasteiger partial charge in [-0.15, -0.1) is 0 Å². The highest BCUT2D eigenvalue weighted by molar-refractivity contribution is 5.83. The highest BCUT2D eigenvalue weighted by Gasteiger charge is 2.02. The molecule has 0 fully saturated rings. The molecule has 0 unspecified atom stereocenters. The van der Waals surface area contributed by atoms with Gasteiger partial charge >= 0.3 is 0 Å². The van der Waals surface area contributed by atoms with Crippen LogP contribution in [0, 0.1) is 0 Å². The number of aromatic hydroxyl groups is 1. The zero-order valence-electron chi connectivity index (χ0n) is 15.6. The van der Waals surface area contributed by atoms with Crippen molar-refractivity contribution in [3.63, 3.8) is 0 Å². The van der Waals surface area contributed by atoms with Crippen LogP contribution in [0.4, 0.5) is 0 Å². The average molecular weight is 348 g/mol. The van der Waals surface area contributed by atoms with Crippen LogP contribution in [0.3, 0.4) is 0 Å². The number of nitrogens with zero attached hydrogens (tertiary/aromatic N) is 1. The first-order chi connectivity index (χ1) is 12.2. The normalized spacial score (nSPS) is 11.0. The van der Waals surface area contributed by atoms with Gasteiger partial charge in [0.1, 0.15) is 0 Å². The molecule has 5 heteroatoms.